The Labute approximate surface area is 74.3 Å². The second kappa shape index (κ2) is 4.80. The van der Waals surface area contributed by atoms with Crippen molar-refractivity contribution in [1.29, 1.82) is 0 Å². The maximum absolute atomic E-state index is 9.54. The third-order valence-corrected chi connectivity index (χ3v) is 2.40. The van der Waals surface area contributed by atoms with Gasteiger partial charge in [0.05, 0.1) is 0 Å². The fourth-order valence-electron chi connectivity index (χ4n) is 1.75. The highest BCUT2D eigenvalue weighted by atomic mass is 16.6. The van der Waals surface area contributed by atoms with Crippen molar-refractivity contribution in [2.45, 2.75) is 26.1 Å². The molecular weight excluding hydrogens is 154 g/mol. The van der Waals surface area contributed by atoms with Crippen molar-refractivity contribution in [2.75, 3.05) is 26.7 Å². The van der Waals surface area contributed by atoms with Crippen molar-refractivity contribution >= 4 is 0 Å². The van der Waals surface area contributed by atoms with Gasteiger partial charge in [0.15, 0.2) is 6.29 Å². The maximum atomic E-state index is 9.54. The summed E-state index contributed by atoms with van der Waals surface area (Å²) in [6, 6.07) is 0. The molecule has 2 unspecified atom stereocenters. The van der Waals surface area contributed by atoms with Crippen LogP contribution >= 0.6 is 0 Å². The lowest BCUT2D eigenvalue weighted by Gasteiger charge is -2.32. The predicted octanol–water partition coefficient (Wildman–Crippen LogP) is 0.683. The molecule has 1 aliphatic heterocycles. The van der Waals surface area contributed by atoms with Crippen LogP contribution in [0.25, 0.3) is 0 Å². The van der Waals surface area contributed by atoms with Gasteiger partial charge in [-0.3, -0.25) is 0 Å². The number of likely N-dealkylation sites (tertiary alicyclic amines) is 1. The molecule has 0 aromatic carbocycles. The number of hydrogen-bond donors (Lipinski definition) is 1. The number of rotatable bonds is 3. The molecule has 0 aliphatic carbocycles. The summed E-state index contributed by atoms with van der Waals surface area (Å²) in [5.74, 6) is 0.309. The van der Waals surface area contributed by atoms with E-state index in [-0.39, 0.29) is 0 Å². The van der Waals surface area contributed by atoms with Crippen molar-refractivity contribution in [1.82, 2.24) is 4.90 Å². The maximum Gasteiger partial charge on any atom is 0.158 e. The molecule has 1 rings (SSSR count). The molecule has 0 spiro atoms. The predicted molar refractivity (Wildman–Crippen MR) is 47.9 cm³/mol. The second-order valence-corrected chi connectivity index (χ2v) is 3.51. The first-order valence-corrected chi connectivity index (χ1v) is 4.72. The number of aliphatic hydroxyl groups excluding tert-OH is 1. The highest BCUT2D eigenvalue weighted by molar-refractivity contribution is 4.72. The largest absolute Gasteiger partial charge is 0.368 e. The van der Waals surface area contributed by atoms with Crippen molar-refractivity contribution < 1.29 is 9.84 Å². The van der Waals surface area contributed by atoms with Crippen molar-refractivity contribution in [2.24, 2.45) is 5.92 Å². The van der Waals surface area contributed by atoms with E-state index < -0.39 is 6.29 Å². The normalized spacial score (nSPS) is 28.8. The first-order chi connectivity index (χ1) is 5.74. The molecule has 1 aliphatic rings. The lowest BCUT2D eigenvalue weighted by atomic mass is 9.98. The zero-order valence-electron chi connectivity index (χ0n) is 7.99. The van der Waals surface area contributed by atoms with Gasteiger partial charge in [-0.15, -0.1) is 0 Å². The average molecular weight is 173 g/mol. The monoisotopic (exact) mass is 173 g/mol. The van der Waals surface area contributed by atoms with Gasteiger partial charge in [0.25, 0.3) is 0 Å². The smallest absolute Gasteiger partial charge is 0.158 e. The molecule has 3 nitrogen and oxygen atoms in total. The molecule has 12 heavy (non-hydrogen) atoms. The highest BCUT2D eigenvalue weighted by Crippen LogP contribution is 2.19. The molecule has 1 heterocycles. The van der Waals surface area contributed by atoms with Gasteiger partial charge < -0.3 is 14.7 Å². The Balaban J connectivity index is 2.29. The Morgan fingerprint density at radius 2 is 2.42 bits per heavy atom. The second-order valence-electron chi connectivity index (χ2n) is 3.51. The molecule has 1 saturated heterocycles. The summed E-state index contributed by atoms with van der Waals surface area (Å²) in [6.07, 6.45) is 1.70. The topological polar surface area (TPSA) is 32.7 Å². The van der Waals surface area contributed by atoms with Crippen LogP contribution in [-0.4, -0.2) is 43.0 Å². The Morgan fingerprint density at radius 3 is 3.00 bits per heavy atom. The van der Waals surface area contributed by atoms with Gasteiger partial charge >= 0.3 is 0 Å². The summed E-state index contributed by atoms with van der Waals surface area (Å²) in [5, 5.41) is 9.54. The number of ether oxygens (including phenoxy) is 1. The fourth-order valence-corrected chi connectivity index (χ4v) is 1.75. The molecule has 0 amide bonds. The summed E-state index contributed by atoms with van der Waals surface area (Å²) >= 11 is 0. The van der Waals surface area contributed by atoms with Gasteiger partial charge in [0.1, 0.15) is 0 Å². The van der Waals surface area contributed by atoms with Crippen LogP contribution in [0.5, 0.6) is 0 Å². The van der Waals surface area contributed by atoms with Gasteiger partial charge in [0.2, 0.25) is 0 Å². The quantitative estimate of drug-likeness (QED) is 0.637. The molecule has 3 heteroatoms. The van der Waals surface area contributed by atoms with Crippen LogP contribution in [0.4, 0.5) is 0 Å². The average Bonchev–Trinajstić information content (AvgIpc) is 2.05. The zero-order valence-corrected chi connectivity index (χ0v) is 7.99. The third kappa shape index (κ3) is 2.73. The summed E-state index contributed by atoms with van der Waals surface area (Å²) in [4.78, 5) is 2.25. The Kier molecular flexibility index (Phi) is 3.98. The van der Waals surface area contributed by atoms with E-state index in [0.29, 0.717) is 12.5 Å². The van der Waals surface area contributed by atoms with Crippen molar-refractivity contribution in [3.8, 4) is 0 Å². The molecule has 2 atom stereocenters. The minimum absolute atomic E-state index is 0.309. The van der Waals surface area contributed by atoms with Crippen LogP contribution in [0.15, 0.2) is 0 Å². The third-order valence-electron chi connectivity index (χ3n) is 2.40. The van der Waals surface area contributed by atoms with Crippen LogP contribution in [0, 0.1) is 5.92 Å². The van der Waals surface area contributed by atoms with Crippen molar-refractivity contribution in [3.05, 3.63) is 0 Å². The van der Waals surface area contributed by atoms with E-state index in [1.165, 1.54) is 6.42 Å². The molecule has 0 radical (unpaired) electrons. The summed E-state index contributed by atoms with van der Waals surface area (Å²) in [6.45, 7) is 4.62. The van der Waals surface area contributed by atoms with Crippen LogP contribution in [0.2, 0.25) is 0 Å². The highest BCUT2D eigenvalue weighted by Gasteiger charge is 2.24. The number of nitrogens with zero attached hydrogens (tertiary/aromatic N) is 1. The van der Waals surface area contributed by atoms with E-state index in [0.717, 1.165) is 19.5 Å². The van der Waals surface area contributed by atoms with E-state index >= 15 is 0 Å². The lowest BCUT2D eigenvalue weighted by molar-refractivity contribution is -0.141. The van der Waals surface area contributed by atoms with E-state index in [1.54, 1.807) is 0 Å². The summed E-state index contributed by atoms with van der Waals surface area (Å²) in [7, 11) is 2.09. The van der Waals surface area contributed by atoms with Gasteiger partial charge in [-0.1, -0.05) is 0 Å². The molecule has 0 aromatic rings. The molecule has 1 fully saturated rings. The Morgan fingerprint density at radius 1 is 1.67 bits per heavy atom. The first kappa shape index (κ1) is 9.96. The summed E-state index contributed by atoms with van der Waals surface area (Å²) in [5.41, 5.74) is 0. The zero-order chi connectivity index (χ0) is 8.97. The van der Waals surface area contributed by atoms with Gasteiger partial charge in [0, 0.05) is 19.1 Å². The van der Waals surface area contributed by atoms with Gasteiger partial charge in [-0.25, -0.2) is 0 Å². The first-order valence-electron chi connectivity index (χ1n) is 4.72. The fraction of sp³-hybridized carbons (Fsp3) is 1.00. The van der Waals surface area contributed by atoms with Crippen LogP contribution in [0.1, 0.15) is 19.8 Å². The molecule has 1 N–H and O–H groups in total. The van der Waals surface area contributed by atoms with Crippen LogP contribution in [0.3, 0.4) is 0 Å². The van der Waals surface area contributed by atoms with E-state index in [2.05, 4.69) is 11.9 Å². The minimum Gasteiger partial charge on any atom is -0.368 e. The van der Waals surface area contributed by atoms with E-state index in [9.17, 15) is 5.11 Å². The number of aliphatic hydroxyl groups is 1. The molecular formula is C9H19NO2. The molecule has 0 aromatic heterocycles. The molecule has 0 saturated carbocycles. The lowest BCUT2D eigenvalue weighted by Crippen LogP contribution is -2.39. The van der Waals surface area contributed by atoms with Crippen LogP contribution in [-0.2, 0) is 4.74 Å². The molecule has 72 valence electrons. The van der Waals surface area contributed by atoms with Crippen LogP contribution < -0.4 is 0 Å². The minimum atomic E-state index is -0.558. The Hall–Kier alpha value is -0.120. The van der Waals surface area contributed by atoms with Gasteiger partial charge in [-0.2, -0.15) is 0 Å². The van der Waals surface area contributed by atoms with Crippen molar-refractivity contribution in [3.63, 3.8) is 0 Å². The Bertz CT molecular complexity index is 130. The number of hydrogen-bond acceptors (Lipinski definition) is 3. The van der Waals surface area contributed by atoms with E-state index in [1.807, 2.05) is 6.92 Å². The molecule has 0 bridgehead atoms. The number of piperidine rings is 1. The summed E-state index contributed by atoms with van der Waals surface area (Å²) < 4.78 is 5.16. The van der Waals surface area contributed by atoms with Gasteiger partial charge in [-0.05, 0) is 33.4 Å². The van der Waals surface area contributed by atoms with E-state index in [4.69, 9.17) is 4.74 Å². The SMILES string of the molecule is CCOC(O)C1CCCN(C)C1. The standard InChI is InChI=1S/C9H19NO2/c1-3-12-9(11)8-5-4-6-10(2)7-8/h8-9,11H,3-7H2,1-2H3.